The molecule has 1 atom stereocenters. The number of nitrogens with zero attached hydrogens (tertiary/aromatic N) is 1. The summed E-state index contributed by atoms with van der Waals surface area (Å²) in [5.74, 6) is -1.91. The molecule has 0 aromatic carbocycles. The van der Waals surface area contributed by atoms with E-state index >= 15 is 0 Å². The van der Waals surface area contributed by atoms with E-state index in [0.717, 1.165) is 0 Å². The van der Waals surface area contributed by atoms with Crippen LogP contribution in [0.3, 0.4) is 0 Å². The standard InChI is InChI=1S/C10H13N3O6/c1-5-3-11-7(19-5)4-12-10(18)13-6(9(16)17)2-8(14)15/h3,6H,2,4H2,1H3,(H,14,15)(H,16,17)(H2,12,13,18)/t6-/m1/s1. The number of carbonyl (C=O) groups excluding carboxylic acids is 1. The Labute approximate surface area is 107 Å². The Morgan fingerprint density at radius 3 is 2.58 bits per heavy atom. The molecule has 19 heavy (non-hydrogen) atoms. The Morgan fingerprint density at radius 2 is 2.11 bits per heavy atom. The number of aliphatic carboxylic acids is 2. The maximum absolute atomic E-state index is 11.4. The number of oxazole rings is 1. The van der Waals surface area contributed by atoms with Crippen molar-refractivity contribution in [3.05, 3.63) is 17.8 Å². The molecule has 0 spiro atoms. The van der Waals surface area contributed by atoms with E-state index in [-0.39, 0.29) is 12.4 Å². The number of amides is 2. The average molecular weight is 271 g/mol. The number of carboxylic acid groups (broad SMARTS) is 2. The molecule has 104 valence electrons. The van der Waals surface area contributed by atoms with Crippen LogP contribution in [0.4, 0.5) is 4.79 Å². The third-order valence-electron chi connectivity index (χ3n) is 2.05. The summed E-state index contributed by atoms with van der Waals surface area (Å²) in [5, 5.41) is 21.6. The van der Waals surface area contributed by atoms with Crippen molar-refractivity contribution < 1.29 is 29.0 Å². The molecule has 1 rings (SSSR count). The number of aryl methyl sites for hydroxylation is 1. The van der Waals surface area contributed by atoms with Crippen LogP contribution in [0, 0.1) is 6.92 Å². The molecule has 0 radical (unpaired) electrons. The predicted octanol–water partition coefficient (Wildman–Crippen LogP) is -0.290. The quantitative estimate of drug-likeness (QED) is 0.556. The minimum absolute atomic E-state index is 0.0287. The Balaban J connectivity index is 2.44. The van der Waals surface area contributed by atoms with Crippen molar-refractivity contribution in [2.45, 2.75) is 25.9 Å². The zero-order valence-corrected chi connectivity index (χ0v) is 10.0. The molecule has 0 aliphatic carbocycles. The summed E-state index contributed by atoms with van der Waals surface area (Å²) in [4.78, 5) is 36.3. The van der Waals surface area contributed by atoms with Gasteiger partial charge < -0.3 is 25.3 Å². The molecule has 9 heteroatoms. The first-order valence-electron chi connectivity index (χ1n) is 5.28. The molecule has 0 aliphatic heterocycles. The number of hydrogen-bond donors (Lipinski definition) is 4. The molecule has 0 bridgehead atoms. The van der Waals surface area contributed by atoms with Gasteiger partial charge in [-0.05, 0) is 6.92 Å². The second-order valence-electron chi connectivity index (χ2n) is 3.68. The van der Waals surface area contributed by atoms with Gasteiger partial charge in [-0.25, -0.2) is 14.6 Å². The summed E-state index contributed by atoms with van der Waals surface area (Å²) in [6, 6.07) is -2.31. The first-order chi connectivity index (χ1) is 8.88. The maximum atomic E-state index is 11.4. The van der Waals surface area contributed by atoms with Gasteiger partial charge in [0.05, 0.1) is 19.2 Å². The summed E-state index contributed by atoms with van der Waals surface area (Å²) in [6.07, 6.45) is 0.764. The number of carbonyl (C=O) groups is 3. The lowest BCUT2D eigenvalue weighted by atomic mass is 10.2. The molecule has 1 heterocycles. The molecule has 0 unspecified atom stereocenters. The first kappa shape index (κ1) is 14.5. The van der Waals surface area contributed by atoms with Gasteiger partial charge in [0, 0.05) is 0 Å². The van der Waals surface area contributed by atoms with E-state index in [1.54, 1.807) is 6.92 Å². The Bertz CT molecular complexity index is 483. The van der Waals surface area contributed by atoms with E-state index in [9.17, 15) is 14.4 Å². The predicted molar refractivity (Wildman–Crippen MR) is 60.3 cm³/mol. The van der Waals surface area contributed by atoms with Crippen LogP contribution >= 0.6 is 0 Å². The molecule has 2 amide bonds. The lowest BCUT2D eigenvalue weighted by Gasteiger charge is -2.12. The van der Waals surface area contributed by atoms with Gasteiger partial charge in [-0.2, -0.15) is 0 Å². The smallest absolute Gasteiger partial charge is 0.326 e. The number of aromatic nitrogens is 1. The lowest BCUT2D eigenvalue weighted by Crippen LogP contribution is -2.46. The van der Waals surface area contributed by atoms with Gasteiger partial charge in [-0.1, -0.05) is 0 Å². The minimum atomic E-state index is -1.50. The molecule has 4 N–H and O–H groups in total. The first-order valence-corrected chi connectivity index (χ1v) is 5.28. The summed E-state index contributed by atoms with van der Waals surface area (Å²) in [7, 11) is 0. The van der Waals surface area contributed by atoms with E-state index in [1.807, 2.05) is 5.32 Å². The lowest BCUT2D eigenvalue weighted by molar-refractivity contribution is -0.145. The van der Waals surface area contributed by atoms with Gasteiger partial charge in [0.2, 0.25) is 5.89 Å². The van der Waals surface area contributed by atoms with Gasteiger partial charge in [-0.3, -0.25) is 4.79 Å². The molecule has 0 saturated heterocycles. The van der Waals surface area contributed by atoms with Crippen LogP contribution in [0.2, 0.25) is 0 Å². The Kier molecular flexibility index (Phi) is 4.86. The minimum Gasteiger partial charge on any atom is -0.481 e. The third-order valence-corrected chi connectivity index (χ3v) is 2.05. The van der Waals surface area contributed by atoms with E-state index in [2.05, 4.69) is 10.3 Å². The Morgan fingerprint density at radius 1 is 1.42 bits per heavy atom. The second kappa shape index (κ2) is 6.38. The highest BCUT2D eigenvalue weighted by molar-refractivity contribution is 5.86. The van der Waals surface area contributed by atoms with Gasteiger partial charge in [0.15, 0.2) is 0 Å². The SMILES string of the molecule is Cc1cnc(CNC(=O)N[C@H](CC(=O)O)C(=O)O)o1. The molecule has 1 aromatic rings. The van der Waals surface area contributed by atoms with Crippen molar-refractivity contribution in [3.63, 3.8) is 0 Å². The third kappa shape index (κ3) is 5.06. The normalized spacial score (nSPS) is 11.6. The highest BCUT2D eigenvalue weighted by Gasteiger charge is 2.22. The summed E-state index contributed by atoms with van der Waals surface area (Å²) < 4.78 is 5.09. The number of urea groups is 1. The van der Waals surface area contributed by atoms with Crippen molar-refractivity contribution >= 4 is 18.0 Å². The molecule has 0 saturated carbocycles. The van der Waals surface area contributed by atoms with Crippen LogP contribution in [0.5, 0.6) is 0 Å². The molecule has 0 fully saturated rings. The largest absolute Gasteiger partial charge is 0.481 e. The topological polar surface area (TPSA) is 142 Å². The van der Waals surface area contributed by atoms with E-state index in [4.69, 9.17) is 14.6 Å². The van der Waals surface area contributed by atoms with Crippen LogP contribution in [0.15, 0.2) is 10.6 Å². The highest BCUT2D eigenvalue weighted by Crippen LogP contribution is 2.00. The number of hydrogen-bond acceptors (Lipinski definition) is 5. The highest BCUT2D eigenvalue weighted by atomic mass is 16.4. The molecular formula is C10H13N3O6. The van der Waals surface area contributed by atoms with Crippen molar-refractivity contribution in [2.75, 3.05) is 0 Å². The maximum Gasteiger partial charge on any atom is 0.326 e. The average Bonchev–Trinajstić information content (AvgIpc) is 2.71. The number of rotatable bonds is 6. The van der Waals surface area contributed by atoms with Crippen LogP contribution in [-0.4, -0.2) is 39.2 Å². The van der Waals surface area contributed by atoms with E-state index in [0.29, 0.717) is 5.76 Å². The zero-order valence-electron chi connectivity index (χ0n) is 10.0. The van der Waals surface area contributed by atoms with Crippen LogP contribution in [-0.2, 0) is 16.1 Å². The van der Waals surface area contributed by atoms with Crippen molar-refractivity contribution in [1.82, 2.24) is 15.6 Å². The number of carboxylic acids is 2. The van der Waals surface area contributed by atoms with E-state index < -0.39 is 30.4 Å². The zero-order chi connectivity index (χ0) is 14.4. The number of nitrogens with one attached hydrogen (secondary N) is 2. The van der Waals surface area contributed by atoms with Gasteiger partial charge in [0.25, 0.3) is 0 Å². The summed E-state index contributed by atoms with van der Waals surface area (Å²) in [5.41, 5.74) is 0. The monoisotopic (exact) mass is 271 g/mol. The second-order valence-corrected chi connectivity index (χ2v) is 3.68. The summed E-state index contributed by atoms with van der Waals surface area (Å²) in [6.45, 7) is 1.66. The molecule has 9 nitrogen and oxygen atoms in total. The van der Waals surface area contributed by atoms with Gasteiger partial charge >= 0.3 is 18.0 Å². The molecule has 0 aliphatic rings. The van der Waals surface area contributed by atoms with Crippen LogP contribution < -0.4 is 10.6 Å². The fourth-order valence-corrected chi connectivity index (χ4v) is 1.22. The van der Waals surface area contributed by atoms with E-state index in [1.165, 1.54) is 6.20 Å². The molecular weight excluding hydrogens is 258 g/mol. The Hall–Kier alpha value is -2.58. The summed E-state index contributed by atoms with van der Waals surface area (Å²) >= 11 is 0. The fourth-order valence-electron chi connectivity index (χ4n) is 1.22. The fraction of sp³-hybridized carbons (Fsp3) is 0.400. The van der Waals surface area contributed by atoms with Gasteiger partial charge in [-0.15, -0.1) is 0 Å². The van der Waals surface area contributed by atoms with Crippen molar-refractivity contribution in [2.24, 2.45) is 0 Å². The van der Waals surface area contributed by atoms with Crippen molar-refractivity contribution in [1.29, 1.82) is 0 Å². The van der Waals surface area contributed by atoms with Crippen molar-refractivity contribution in [3.8, 4) is 0 Å². The van der Waals surface area contributed by atoms with Crippen LogP contribution in [0.25, 0.3) is 0 Å². The van der Waals surface area contributed by atoms with Gasteiger partial charge in [0.1, 0.15) is 11.8 Å². The van der Waals surface area contributed by atoms with Crippen LogP contribution in [0.1, 0.15) is 18.1 Å². The molecule has 1 aromatic heterocycles.